The van der Waals surface area contributed by atoms with E-state index in [2.05, 4.69) is 22.2 Å². The van der Waals surface area contributed by atoms with Crippen molar-refractivity contribution in [1.29, 1.82) is 0 Å². The van der Waals surface area contributed by atoms with Crippen LogP contribution in [0.1, 0.15) is 31.0 Å². The Morgan fingerprint density at radius 1 is 1.24 bits per heavy atom. The van der Waals surface area contributed by atoms with Gasteiger partial charge in [-0.3, -0.25) is 0 Å². The van der Waals surface area contributed by atoms with E-state index in [-0.39, 0.29) is 11.9 Å². The predicted molar refractivity (Wildman–Crippen MR) is 82.6 cm³/mol. The lowest BCUT2D eigenvalue weighted by Gasteiger charge is -2.25. The largest absolute Gasteiger partial charge is 0.337 e. The number of hydrogen-bond donors (Lipinski definition) is 1. The molecule has 0 radical (unpaired) electrons. The third-order valence-corrected chi connectivity index (χ3v) is 3.52. The predicted octanol–water partition coefficient (Wildman–Crippen LogP) is 2.92. The Hall–Kier alpha value is -2.01. The van der Waals surface area contributed by atoms with Gasteiger partial charge < -0.3 is 10.2 Å². The van der Waals surface area contributed by atoms with Crippen LogP contribution in [-0.2, 0) is 6.54 Å². The molecule has 112 valence electrons. The minimum Gasteiger partial charge on any atom is -0.337 e. The number of benzene rings is 1. The number of anilines is 1. The van der Waals surface area contributed by atoms with Crippen molar-refractivity contribution in [3.8, 4) is 0 Å². The van der Waals surface area contributed by atoms with Gasteiger partial charge in [0.25, 0.3) is 0 Å². The van der Waals surface area contributed by atoms with Crippen LogP contribution in [0.25, 0.3) is 0 Å². The molecule has 0 saturated heterocycles. The molecule has 0 saturated carbocycles. The summed E-state index contributed by atoms with van der Waals surface area (Å²) in [6.45, 7) is 5.66. The van der Waals surface area contributed by atoms with Crippen LogP contribution in [0.3, 0.4) is 0 Å². The summed E-state index contributed by atoms with van der Waals surface area (Å²) in [6.07, 6.45) is 3.60. The molecule has 0 spiro atoms. The first-order valence-corrected chi connectivity index (χ1v) is 7.12. The van der Waals surface area contributed by atoms with Gasteiger partial charge in [-0.25, -0.2) is 14.4 Å². The molecular weight excluding hydrogens is 267 g/mol. The zero-order chi connectivity index (χ0) is 15.2. The van der Waals surface area contributed by atoms with Crippen LogP contribution in [-0.4, -0.2) is 23.6 Å². The molecule has 1 unspecified atom stereocenters. The third kappa shape index (κ3) is 3.76. The van der Waals surface area contributed by atoms with Gasteiger partial charge in [0.05, 0.1) is 6.04 Å². The van der Waals surface area contributed by atoms with E-state index in [1.54, 1.807) is 24.5 Å². The fraction of sp³-hybridized carbons (Fsp3) is 0.375. The molecule has 1 aromatic heterocycles. The SMILES string of the molecule is CCNCc1cnc(N(C)C(C)c2ccccc2F)nc1. The van der Waals surface area contributed by atoms with Crippen molar-refractivity contribution >= 4 is 5.95 Å². The van der Waals surface area contributed by atoms with Gasteiger partial charge in [0.1, 0.15) is 5.82 Å². The number of rotatable bonds is 6. The van der Waals surface area contributed by atoms with Crippen LogP contribution >= 0.6 is 0 Å². The van der Waals surface area contributed by atoms with Crippen molar-refractivity contribution in [3.63, 3.8) is 0 Å². The quantitative estimate of drug-likeness (QED) is 0.887. The fourth-order valence-corrected chi connectivity index (χ4v) is 2.09. The van der Waals surface area contributed by atoms with Gasteiger partial charge >= 0.3 is 0 Å². The summed E-state index contributed by atoms with van der Waals surface area (Å²) in [4.78, 5) is 10.6. The first-order valence-electron chi connectivity index (χ1n) is 7.12. The third-order valence-electron chi connectivity index (χ3n) is 3.52. The maximum atomic E-state index is 13.8. The van der Waals surface area contributed by atoms with Crippen LogP contribution in [0.4, 0.5) is 10.3 Å². The second-order valence-electron chi connectivity index (χ2n) is 4.98. The van der Waals surface area contributed by atoms with Crippen molar-refractivity contribution in [2.45, 2.75) is 26.4 Å². The highest BCUT2D eigenvalue weighted by atomic mass is 19.1. The molecule has 2 aromatic rings. The smallest absolute Gasteiger partial charge is 0.225 e. The van der Waals surface area contributed by atoms with E-state index < -0.39 is 0 Å². The second kappa shape index (κ2) is 7.13. The average molecular weight is 288 g/mol. The number of hydrogen-bond acceptors (Lipinski definition) is 4. The summed E-state index contributed by atoms with van der Waals surface area (Å²) in [5, 5.41) is 3.23. The monoisotopic (exact) mass is 288 g/mol. The molecule has 4 nitrogen and oxygen atoms in total. The first kappa shape index (κ1) is 15.4. The summed E-state index contributed by atoms with van der Waals surface area (Å²) in [5.41, 5.74) is 1.67. The summed E-state index contributed by atoms with van der Waals surface area (Å²) < 4.78 is 13.8. The highest BCUT2D eigenvalue weighted by molar-refractivity contribution is 5.35. The Kier molecular flexibility index (Phi) is 5.22. The van der Waals surface area contributed by atoms with Gasteiger partial charge in [-0.05, 0) is 19.5 Å². The Bertz CT molecular complexity index is 571. The average Bonchev–Trinajstić information content (AvgIpc) is 2.52. The van der Waals surface area contributed by atoms with Crippen molar-refractivity contribution < 1.29 is 4.39 Å². The molecule has 1 atom stereocenters. The molecule has 5 heteroatoms. The molecule has 2 rings (SSSR count). The summed E-state index contributed by atoms with van der Waals surface area (Å²) in [5.74, 6) is 0.381. The topological polar surface area (TPSA) is 41.1 Å². The molecule has 0 aliphatic rings. The number of nitrogens with one attached hydrogen (secondary N) is 1. The van der Waals surface area contributed by atoms with Crippen molar-refractivity contribution in [1.82, 2.24) is 15.3 Å². The number of halogens is 1. The van der Waals surface area contributed by atoms with E-state index in [1.165, 1.54) is 6.07 Å². The van der Waals surface area contributed by atoms with E-state index in [4.69, 9.17) is 0 Å². The first-order chi connectivity index (χ1) is 10.1. The maximum Gasteiger partial charge on any atom is 0.225 e. The van der Waals surface area contributed by atoms with Crippen LogP contribution in [0, 0.1) is 5.82 Å². The molecular formula is C16H21FN4. The fourth-order valence-electron chi connectivity index (χ4n) is 2.09. The van der Waals surface area contributed by atoms with Gasteiger partial charge in [-0.1, -0.05) is 25.1 Å². The molecule has 0 aliphatic heterocycles. The lowest BCUT2D eigenvalue weighted by Crippen LogP contribution is -2.24. The minimum absolute atomic E-state index is 0.134. The Morgan fingerprint density at radius 3 is 2.52 bits per heavy atom. The Morgan fingerprint density at radius 2 is 1.90 bits per heavy atom. The molecule has 0 bridgehead atoms. The van der Waals surface area contributed by atoms with Crippen molar-refractivity contribution in [2.24, 2.45) is 0 Å². The van der Waals surface area contributed by atoms with Crippen LogP contribution in [0.15, 0.2) is 36.7 Å². The lowest BCUT2D eigenvalue weighted by atomic mass is 10.1. The maximum absolute atomic E-state index is 13.8. The van der Waals surface area contributed by atoms with Crippen molar-refractivity contribution in [2.75, 3.05) is 18.5 Å². The standard InChI is InChI=1S/C16H21FN4/c1-4-18-9-13-10-19-16(20-11-13)21(3)12(2)14-7-5-6-8-15(14)17/h5-8,10-12,18H,4,9H2,1-3H3. The van der Waals surface area contributed by atoms with Crippen LogP contribution in [0.5, 0.6) is 0 Å². The molecule has 1 N–H and O–H groups in total. The summed E-state index contributed by atoms with van der Waals surface area (Å²) >= 11 is 0. The molecule has 0 amide bonds. The summed E-state index contributed by atoms with van der Waals surface area (Å²) in [7, 11) is 1.87. The van der Waals surface area contributed by atoms with Gasteiger partial charge in [0.2, 0.25) is 5.95 Å². The normalized spacial score (nSPS) is 12.2. The number of aromatic nitrogens is 2. The molecule has 21 heavy (non-hydrogen) atoms. The van der Waals surface area contributed by atoms with Crippen LogP contribution < -0.4 is 10.2 Å². The van der Waals surface area contributed by atoms with Gasteiger partial charge in [-0.15, -0.1) is 0 Å². The van der Waals surface area contributed by atoms with E-state index >= 15 is 0 Å². The zero-order valence-corrected chi connectivity index (χ0v) is 12.7. The highest BCUT2D eigenvalue weighted by Crippen LogP contribution is 2.24. The van der Waals surface area contributed by atoms with Crippen molar-refractivity contribution in [3.05, 3.63) is 53.6 Å². The van der Waals surface area contributed by atoms with E-state index in [9.17, 15) is 4.39 Å². The van der Waals surface area contributed by atoms with Gasteiger partial charge in [-0.2, -0.15) is 0 Å². The zero-order valence-electron chi connectivity index (χ0n) is 12.7. The molecule has 1 aromatic carbocycles. The van der Waals surface area contributed by atoms with Gasteiger partial charge in [0, 0.05) is 37.1 Å². The van der Waals surface area contributed by atoms with E-state index in [0.717, 1.165) is 18.7 Å². The summed E-state index contributed by atoms with van der Waals surface area (Å²) in [6, 6.07) is 6.65. The molecule has 0 aliphatic carbocycles. The van der Waals surface area contributed by atoms with Crippen LogP contribution in [0.2, 0.25) is 0 Å². The van der Waals surface area contributed by atoms with E-state index in [0.29, 0.717) is 11.5 Å². The Labute approximate surface area is 125 Å². The molecule has 0 fully saturated rings. The minimum atomic E-state index is -0.208. The second-order valence-corrected chi connectivity index (χ2v) is 4.98. The van der Waals surface area contributed by atoms with E-state index in [1.807, 2.05) is 24.9 Å². The molecule has 1 heterocycles. The number of nitrogens with zero attached hydrogens (tertiary/aromatic N) is 3. The van der Waals surface area contributed by atoms with Gasteiger partial charge in [0.15, 0.2) is 0 Å². The lowest BCUT2D eigenvalue weighted by molar-refractivity contribution is 0.582. The highest BCUT2D eigenvalue weighted by Gasteiger charge is 2.17. The Balaban J connectivity index is 2.12.